The van der Waals surface area contributed by atoms with Crippen LogP contribution >= 0.6 is 21.6 Å². The number of likely N-dealkylation sites (N-methyl/N-ethyl adjacent to an activating group) is 1. The standard InChI is InChI=1S/C47H92N2O7S2.C2H6/c1-7-13-17-21-23-27-31-43(29-25-19-15-9-3)45(50)54-37-34-49(47(52)56-40-42-58-57-41-39-53-36-33-48(11-5)12-6)35-38-55-46(51)44(30-26-20-16-10-4)32-28-24-22-18-14-8-2;1-2/h43-44H,7-42H2,1-6H3;1-2H3. The van der Waals surface area contributed by atoms with Crippen molar-refractivity contribution in [2.45, 2.75) is 209 Å². The number of hydrogen-bond acceptors (Lipinski definition) is 10. The highest BCUT2D eigenvalue weighted by atomic mass is 33.1. The van der Waals surface area contributed by atoms with Crippen LogP contribution in [-0.2, 0) is 28.5 Å². The second-order valence-electron chi connectivity index (χ2n) is 15.9. The zero-order valence-corrected chi connectivity index (χ0v) is 42.3. The molecule has 0 spiro atoms. The van der Waals surface area contributed by atoms with Crippen LogP contribution < -0.4 is 0 Å². The molecule has 0 fully saturated rings. The Labute approximate surface area is 379 Å². The maximum Gasteiger partial charge on any atom is 0.410 e. The van der Waals surface area contributed by atoms with E-state index >= 15 is 0 Å². The van der Waals surface area contributed by atoms with E-state index in [1.54, 1.807) is 21.6 Å². The van der Waals surface area contributed by atoms with Crippen molar-refractivity contribution >= 4 is 39.6 Å². The number of ether oxygens (including phenoxy) is 4. The van der Waals surface area contributed by atoms with Crippen LogP contribution in [0.4, 0.5) is 4.79 Å². The molecule has 0 saturated heterocycles. The SMILES string of the molecule is CC.CCCCCCCCC(CCCCCC)C(=O)OCCN(CCOC(=O)C(CCCCCC)CCCCCCCC)C(=O)OCCSSCCOCCN(CC)CC. The first kappa shape index (κ1) is 60.9. The summed E-state index contributed by atoms with van der Waals surface area (Å²) < 4.78 is 23.2. The minimum atomic E-state index is -0.469. The van der Waals surface area contributed by atoms with E-state index in [9.17, 15) is 14.4 Å². The van der Waals surface area contributed by atoms with Crippen molar-refractivity contribution < 1.29 is 33.3 Å². The minimum absolute atomic E-state index is 0.0980. The molecular formula is C49H98N2O7S2. The Morgan fingerprint density at radius 3 is 1.20 bits per heavy atom. The lowest BCUT2D eigenvalue weighted by Gasteiger charge is -2.23. The highest BCUT2D eigenvalue weighted by molar-refractivity contribution is 8.76. The summed E-state index contributed by atoms with van der Waals surface area (Å²) in [5.74, 6) is 1.01. The zero-order chi connectivity index (χ0) is 44.7. The molecule has 0 aromatic rings. The molecule has 0 saturated carbocycles. The zero-order valence-electron chi connectivity index (χ0n) is 40.7. The van der Waals surface area contributed by atoms with Crippen molar-refractivity contribution in [2.75, 3.05) is 77.3 Å². The maximum absolute atomic E-state index is 13.4. The number of nitrogens with zero attached hydrogens (tertiary/aromatic N) is 2. The van der Waals surface area contributed by atoms with Gasteiger partial charge in [0.1, 0.15) is 19.8 Å². The molecule has 0 aliphatic carbocycles. The van der Waals surface area contributed by atoms with Crippen LogP contribution in [0.15, 0.2) is 0 Å². The van der Waals surface area contributed by atoms with Crippen LogP contribution in [0.2, 0.25) is 0 Å². The molecule has 358 valence electrons. The van der Waals surface area contributed by atoms with Gasteiger partial charge in [-0.3, -0.25) is 9.59 Å². The van der Waals surface area contributed by atoms with Gasteiger partial charge >= 0.3 is 18.0 Å². The van der Waals surface area contributed by atoms with Crippen molar-refractivity contribution in [2.24, 2.45) is 11.8 Å². The summed E-state index contributed by atoms with van der Waals surface area (Å²) in [5, 5.41) is 0. The van der Waals surface area contributed by atoms with Crippen molar-refractivity contribution in [3.8, 4) is 0 Å². The summed E-state index contributed by atoms with van der Waals surface area (Å²) in [6.07, 6.45) is 26.3. The Kier molecular flexibility index (Phi) is 49.6. The maximum atomic E-state index is 13.4. The average molecular weight is 891 g/mol. The third kappa shape index (κ3) is 38.5. The van der Waals surface area contributed by atoms with Gasteiger partial charge in [0.25, 0.3) is 0 Å². The number of esters is 2. The summed E-state index contributed by atoms with van der Waals surface area (Å²) in [4.78, 5) is 44.0. The fraction of sp³-hybridized carbons (Fsp3) is 0.939. The molecular weight excluding hydrogens is 793 g/mol. The molecule has 0 aromatic carbocycles. The van der Waals surface area contributed by atoms with Crippen LogP contribution in [0.1, 0.15) is 209 Å². The van der Waals surface area contributed by atoms with Crippen molar-refractivity contribution in [1.82, 2.24) is 9.80 Å². The summed E-state index contributed by atoms with van der Waals surface area (Å²) in [6, 6.07) is 0. The van der Waals surface area contributed by atoms with Gasteiger partial charge in [0, 0.05) is 18.1 Å². The van der Waals surface area contributed by atoms with Gasteiger partial charge in [-0.05, 0) is 38.8 Å². The van der Waals surface area contributed by atoms with Gasteiger partial charge in [-0.2, -0.15) is 0 Å². The minimum Gasteiger partial charge on any atom is -0.464 e. The molecule has 1 amide bonds. The van der Waals surface area contributed by atoms with E-state index in [1.165, 1.54) is 69.1 Å². The largest absolute Gasteiger partial charge is 0.464 e. The third-order valence-electron chi connectivity index (χ3n) is 11.0. The van der Waals surface area contributed by atoms with Gasteiger partial charge < -0.3 is 28.7 Å². The second-order valence-corrected chi connectivity index (χ2v) is 18.6. The van der Waals surface area contributed by atoms with Gasteiger partial charge in [0.15, 0.2) is 0 Å². The van der Waals surface area contributed by atoms with E-state index in [0.717, 1.165) is 122 Å². The number of rotatable bonds is 44. The molecule has 0 heterocycles. The normalized spacial score (nSPS) is 12.2. The Balaban J connectivity index is 0. The fourth-order valence-corrected chi connectivity index (χ4v) is 8.77. The van der Waals surface area contributed by atoms with Gasteiger partial charge in [-0.25, -0.2) is 4.79 Å². The first-order valence-corrected chi connectivity index (χ1v) is 27.7. The van der Waals surface area contributed by atoms with E-state index in [-0.39, 0.29) is 56.7 Å². The Bertz CT molecular complexity index is 878. The quantitative estimate of drug-likeness (QED) is 0.0255. The highest BCUT2D eigenvalue weighted by Crippen LogP contribution is 2.23. The number of unbranched alkanes of at least 4 members (excludes halogenated alkanes) is 16. The first-order chi connectivity index (χ1) is 29.4. The van der Waals surface area contributed by atoms with E-state index < -0.39 is 6.09 Å². The van der Waals surface area contributed by atoms with Crippen LogP contribution in [-0.4, -0.2) is 105 Å². The lowest BCUT2D eigenvalue weighted by molar-refractivity contribution is -0.149. The molecule has 0 N–H and O–H groups in total. The number of amides is 1. The van der Waals surface area contributed by atoms with E-state index in [1.807, 2.05) is 13.8 Å². The molecule has 0 aromatic heterocycles. The average Bonchev–Trinajstić information content (AvgIpc) is 3.26. The number of carbonyl (C=O) groups excluding carboxylic acids is 3. The Morgan fingerprint density at radius 1 is 0.433 bits per heavy atom. The van der Waals surface area contributed by atoms with E-state index in [2.05, 4.69) is 46.4 Å². The molecule has 11 heteroatoms. The summed E-state index contributed by atoms with van der Waals surface area (Å²) in [7, 11) is 3.38. The van der Waals surface area contributed by atoms with Gasteiger partial charge in [0.05, 0.1) is 38.1 Å². The topological polar surface area (TPSA) is 94.6 Å². The molecule has 9 nitrogen and oxygen atoms in total. The van der Waals surface area contributed by atoms with Crippen LogP contribution in [0, 0.1) is 11.8 Å². The molecule has 2 unspecified atom stereocenters. The number of carbonyl (C=O) groups is 3. The predicted octanol–water partition coefficient (Wildman–Crippen LogP) is 14.0. The predicted molar refractivity (Wildman–Crippen MR) is 260 cm³/mol. The first-order valence-electron chi connectivity index (χ1n) is 25.2. The molecule has 0 aliphatic rings. The summed E-state index contributed by atoms with van der Waals surface area (Å²) >= 11 is 0. The van der Waals surface area contributed by atoms with Crippen molar-refractivity contribution in [1.29, 1.82) is 0 Å². The molecule has 0 aliphatic heterocycles. The van der Waals surface area contributed by atoms with Crippen LogP contribution in [0.3, 0.4) is 0 Å². The summed E-state index contributed by atoms with van der Waals surface area (Å²) in [6.45, 7) is 22.5. The molecule has 0 bridgehead atoms. The van der Waals surface area contributed by atoms with E-state index in [0.29, 0.717) is 12.4 Å². The third-order valence-corrected chi connectivity index (χ3v) is 13.3. The van der Waals surface area contributed by atoms with Gasteiger partial charge in [-0.15, -0.1) is 0 Å². The number of hydrogen-bond donors (Lipinski definition) is 0. The van der Waals surface area contributed by atoms with Crippen molar-refractivity contribution in [3.63, 3.8) is 0 Å². The lowest BCUT2D eigenvalue weighted by atomic mass is 9.94. The van der Waals surface area contributed by atoms with Gasteiger partial charge in [-0.1, -0.05) is 205 Å². The smallest absolute Gasteiger partial charge is 0.410 e. The summed E-state index contributed by atoms with van der Waals surface area (Å²) in [5.41, 5.74) is 0. The van der Waals surface area contributed by atoms with E-state index in [4.69, 9.17) is 18.9 Å². The molecule has 0 rings (SSSR count). The fourth-order valence-electron chi connectivity index (χ4n) is 7.08. The molecule has 0 radical (unpaired) electrons. The highest BCUT2D eigenvalue weighted by Gasteiger charge is 2.23. The van der Waals surface area contributed by atoms with Crippen LogP contribution in [0.25, 0.3) is 0 Å². The Morgan fingerprint density at radius 2 is 0.800 bits per heavy atom. The Hall–Kier alpha value is -1.17. The molecule has 60 heavy (non-hydrogen) atoms. The second kappa shape index (κ2) is 48.9. The van der Waals surface area contributed by atoms with Gasteiger partial charge in [0.2, 0.25) is 0 Å². The molecule has 2 atom stereocenters. The van der Waals surface area contributed by atoms with Crippen LogP contribution in [0.5, 0.6) is 0 Å². The van der Waals surface area contributed by atoms with Crippen molar-refractivity contribution in [3.05, 3.63) is 0 Å². The lowest BCUT2D eigenvalue weighted by Crippen LogP contribution is -2.38. The monoisotopic (exact) mass is 891 g/mol.